The number of rotatable bonds is 4. The molecule has 3 aliphatic heterocycles. The maximum atomic E-state index is 13.1. The Morgan fingerprint density at radius 2 is 2.29 bits per heavy atom. The summed E-state index contributed by atoms with van der Waals surface area (Å²) < 4.78 is 11.4. The predicted molar refractivity (Wildman–Crippen MR) is 88.5 cm³/mol. The van der Waals surface area contributed by atoms with E-state index in [1.165, 1.54) is 0 Å². The zero-order chi connectivity index (χ0) is 16.9. The average molecular weight is 327 g/mol. The van der Waals surface area contributed by atoms with Crippen molar-refractivity contribution < 1.29 is 19.1 Å². The molecule has 0 unspecified atom stereocenters. The minimum absolute atomic E-state index is 0.0501. The molecule has 5 heteroatoms. The molecular weight excluding hydrogens is 306 g/mol. The van der Waals surface area contributed by atoms with Crippen LogP contribution in [0.25, 0.3) is 0 Å². The van der Waals surface area contributed by atoms with Gasteiger partial charge in [-0.3, -0.25) is 9.59 Å². The Labute approximate surface area is 141 Å². The zero-order valence-electron chi connectivity index (χ0n) is 13.9. The van der Waals surface area contributed by atoms with Gasteiger partial charge in [-0.05, 0) is 31.0 Å². The molecule has 1 aromatic rings. The van der Waals surface area contributed by atoms with Crippen LogP contribution in [0.3, 0.4) is 0 Å². The molecule has 4 rings (SSSR count). The molecule has 5 nitrogen and oxygen atoms in total. The van der Waals surface area contributed by atoms with Crippen molar-refractivity contribution in [2.75, 3.05) is 18.1 Å². The van der Waals surface area contributed by atoms with Crippen LogP contribution in [0.2, 0.25) is 0 Å². The topological polar surface area (TPSA) is 55.8 Å². The van der Waals surface area contributed by atoms with Crippen molar-refractivity contribution >= 4 is 17.6 Å². The number of fused-ring (bicyclic) bond motifs is 1. The van der Waals surface area contributed by atoms with Gasteiger partial charge in [0.25, 0.3) is 0 Å². The summed E-state index contributed by atoms with van der Waals surface area (Å²) in [4.78, 5) is 27.3. The van der Waals surface area contributed by atoms with Gasteiger partial charge in [0.15, 0.2) is 0 Å². The van der Waals surface area contributed by atoms with E-state index >= 15 is 0 Å². The summed E-state index contributed by atoms with van der Waals surface area (Å²) in [6, 6.07) is 7.83. The highest BCUT2D eigenvalue weighted by Crippen LogP contribution is 2.52. The van der Waals surface area contributed by atoms with E-state index in [0.717, 1.165) is 17.7 Å². The monoisotopic (exact) mass is 327 g/mol. The van der Waals surface area contributed by atoms with Crippen molar-refractivity contribution in [3.05, 3.63) is 42.0 Å². The van der Waals surface area contributed by atoms with E-state index in [0.29, 0.717) is 13.2 Å². The standard InChI is InChI=1S/C19H21NO4/c1-3-9-23-18(22)15-14-7-8-19(24-14)11-20(17(21)16(15)19)13-6-4-5-12(2)10-13/h4-8,10,14-16H,3,9,11H2,1-2H3/t14-,15-,16+,19+/m1/s1. The lowest BCUT2D eigenvalue weighted by Gasteiger charge is -2.22. The van der Waals surface area contributed by atoms with Gasteiger partial charge in [-0.25, -0.2) is 0 Å². The van der Waals surface area contributed by atoms with Crippen molar-refractivity contribution in [2.24, 2.45) is 11.8 Å². The number of nitrogens with zero attached hydrogens (tertiary/aromatic N) is 1. The van der Waals surface area contributed by atoms with E-state index < -0.39 is 17.4 Å². The average Bonchev–Trinajstić information content (AvgIpc) is 3.21. The predicted octanol–water partition coefficient (Wildman–Crippen LogP) is 2.23. The van der Waals surface area contributed by atoms with Gasteiger partial charge in [0.1, 0.15) is 11.5 Å². The van der Waals surface area contributed by atoms with Crippen LogP contribution in [0.15, 0.2) is 36.4 Å². The van der Waals surface area contributed by atoms with E-state index in [1.807, 2.05) is 50.3 Å². The largest absolute Gasteiger partial charge is 0.465 e. The summed E-state index contributed by atoms with van der Waals surface area (Å²) in [6.07, 6.45) is 4.28. The van der Waals surface area contributed by atoms with E-state index in [9.17, 15) is 9.59 Å². The van der Waals surface area contributed by atoms with Gasteiger partial charge in [0.2, 0.25) is 5.91 Å². The Balaban J connectivity index is 1.65. The lowest BCUT2D eigenvalue weighted by Crippen LogP contribution is -2.40. The SMILES string of the molecule is CCCOC(=O)[C@H]1[C@H]2C(=O)N(c3cccc(C)c3)C[C@@]23C=C[C@H]1O3. The molecule has 3 aliphatic rings. The van der Waals surface area contributed by atoms with E-state index in [-0.39, 0.29) is 18.0 Å². The van der Waals surface area contributed by atoms with Crippen LogP contribution in [-0.4, -0.2) is 36.7 Å². The van der Waals surface area contributed by atoms with E-state index in [1.54, 1.807) is 4.90 Å². The Hall–Kier alpha value is -2.14. The summed E-state index contributed by atoms with van der Waals surface area (Å²) in [5.74, 6) is -1.40. The van der Waals surface area contributed by atoms with Crippen LogP contribution in [0, 0.1) is 18.8 Å². The van der Waals surface area contributed by atoms with E-state index in [4.69, 9.17) is 9.47 Å². The number of benzene rings is 1. The molecule has 2 fully saturated rings. The van der Waals surface area contributed by atoms with E-state index in [2.05, 4.69) is 0 Å². The highest BCUT2D eigenvalue weighted by atomic mass is 16.6. The van der Waals surface area contributed by atoms with Gasteiger partial charge in [0, 0.05) is 5.69 Å². The number of carbonyl (C=O) groups excluding carboxylic acids is 2. The molecule has 4 atom stereocenters. The second-order valence-electron chi connectivity index (χ2n) is 6.83. The first-order valence-electron chi connectivity index (χ1n) is 8.47. The summed E-state index contributed by atoms with van der Waals surface area (Å²) >= 11 is 0. The number of hydrogen-bond donors (Lipinski definition) is 0. The smallest absolute Gasteiger partial charge is 0.312 e. The highest BCUT2D eigenvalue weighted by Gasteiger charge is 2.67. The molecule has 0 aromatic heterocycles. The second-order valence-corrected chi connectivity index (χ2v) is 6.83. The Kier molecular flexibility index (Phi) is 3.49. The normalized spacial score (nSPS) is 33.2. The number of carbonyl (C=O) groups is 2. The van der Waals surface area contributed by atoms with Gasteiger partial charge in [-0.15, -0.1) is 0 Å². The first kappa shape index (κ1) is 15.4. The fourth-order valence-corrected chi connectivity index (χ4v) is 4.08. The molecule has 1 aromatic carbocycles. The molecule has 1 amide bonds. The summed E-state index contributed by atoms with van der Waals surface area (Å²) in [5, 5.41) is 0. The zero-order valence-corrected chi connectivity index (χ0v) is 13.9. The van der Waals surface area contributed by atoms with Crippen molar-refractivity contribution in [1.29, 1.82) is 0 Å². The molecule has 126 valence electrons. The number of aryl methyl sites for hydroxylation is 1. The fourth-order valence-electron chi connectivity index (χ4n) is 4.08. The summed E-state index contributed by atoms with van der Waals surface area (Å²) in [7, 11) is 0. The first-order valence-corrected chi connectivity index (χ1v) is 8.47. The van der Waals surface area contributed by atoms with Crippen molar-refractivity contribution in [3.63, 3.8) is 0 Å². The van der Waals surface area contributed by atoms with Crippen LogP contribution >= 0.6 is 0 Å². The minimum atomic E-state index is -0.693. The maximum Gasteiger partial charge on any atom is 0.312 e. The molecule has 0 aliphatic carbocycles. The van der Waals surface area contributed by atoms with Crippen LogP contribution < -0.4 is 4.90 Å². The third-order valence-corrected chi connectivity index (χ3v) is 5.13. The summed E-state index contributed by atoms with van der Waals surface area (Å²) in [5.41, 5.74) is 1.25. The Bertz CT molecular complexity index is 728. The van der Waals surface area contributed by atoms with Gasteiger partial charge < -0.3 is 14.4 Å². The number of hydrogen-bond acceptors (Lipinski definition) is 4. The maximum absolute atomic E-state index is 13.1. The Morgan fingerprint density at radius 1 is 1.46 bits per heavy atom. The minimum Gasteiger partial charge on any atom is -0.465 e. The Morgan fingerprint density at radius 3 is 3.04 bits per heavy atom. The third-order valence-electron chi connectivity index (χ3n) is 5.13. The van der Waals surface area contributed by atoms with Gasteiger partial charge in [0.05, 0.1) is 25.2 Å². The van der Waals surface area contributed by atoms with Crippen LogP contribution in [0.4, 0.5) is 5.69 Å². The number of ether oxygens (including phenoxy) is 2. The fraction of sp³-hybridized carbons (Fsp3) is 0.474. The van der Waals surface area contributed by atoms with Crippen molar-refractivity contribution in [2.45, 2.75) is 32.0 Å². The van der Waals surface area contributed by atoms with Crippen LogP contribution in [0.1, 0.15) is 18.9 Å². The van der Waals surface area contributed by atoms with Crippen LogP contribution in [-0.2, 0) is 19.1 Å². The lowest BCUT2D eigenvalue weighted by molar-refractivity contribution is -0.152. The first-order chi connectivity index (χ1) is 11.6. The molecule has 0 saturated carbocycles. The molecule has 3 heterocycles. The van der Waals surface area contributed by atoms with Crippen molar-refractivity contribution in [1.82, 2.24) is 0 Å². The second kappa shape index (κ2) is 5.45. The summed E-state index contributed by atoms with van der Waals surface area (Å²) in [6.45, 7) is 4.77. The highest BCUT2D eigenvalue weighted by molar-refractivity contribution is 6.02. The lowest BCUT2D eigenvalue weighted by atomic mass is 9.77. The molecule has 24 heavy (non-hydrogen) atoms. The molecular formula is C19H21NO4. The van der Waals surface area contributed by atoms with Gasteiger partial charge in [-0.1, -0.05) is 31.2 Å². The third kappa shape index (κ3) is 2.11. The molecule has 0 radical (unpaired) electrons. The number of esters is 1. The molecule has 2 bridgehead atoms. The quantitative estimate of drug-likeness (QED) is 0.629. The van der Waals surface area contributed by atoms with Crippen molar-refractivity contribution in [3.8, 4) is 0 Å². The number of anilines is 1. The molecule has 1 spiro atoms. The number of amides is 1. The molecule has 0 N–H and O–H groups in total. The van der Waals surface area contributed by atoms with Gasteiger partial charge >= 0.3 is 5.97 Å². The van der Waals surface area contributed by atoms with Crippen LogP contribution in [0.5, 0.6) is 0 Å². The molecule has 2 saturated heterocycles. The van der Waals surface area contributed by atoms with Gasteiger partial charge in [-0.2, -0.15) is 0 Å².